The zero-order valence-corrected chi connectivity index (χ0v) is 17.4. The molecule has 0 bridgehead atoms. The molecule has 0 aromatic carbocycles. The molecule has 2 heterocycles. The lowest BCUT2D eigenvalue weighted by Crippen LogP contribution is -2.53. The number of rotatable bonds is 5. The highest BCUT2D eigenvalue weighted by Gasteiger charge is 2.40. The second kappa shape index (κ2) is 8.47. The van der Waals surface area contributed by atoms with Crippen LogP contribution in [0.5, 0.6) is 0 Å². The zero-order chi connectivity index (χ0) is 19.6. The van der Waals surface area contributed by atoms with Crippen LogP contribution in [0.3, 0.4) is 0 Å². The van der Waals surface area contributed by atoms with E-state index < -0.39 is 9.84 Å². The van der Waals surface area contributed by atoms with E-state index in [2.05, 4.69) is 0 Å². The number of amides is 2. The Bertz CT molecular complexity index is 658. The molecule has 0 aromatic heterocycles. The van der Waals surface area contributed by atoms with Gasteiger partial charge in [0.15, 0.2) is 9.84 Å². The summed E-state index contributed by atoms with van der Waals surface area (Å²) in [6, 6.07) is -0.282. The van der Waals surface area contributed by atoms with E-state index >= 15 is 0 Å². The number of likely N-dealkylation sites (tertiary alicyclic amines) is 1. The van der Waals surface area contributed by atoms with E-state index in [9.17, 15) is 18.0 Å². The van der Waals surface area contributed by atoms with Gasteiger partial charge < -0.3 is 9.80 Å². The smallest absolute Gasteiger partial charge is 0.239 e. The first kappa shape index (κ1) is 20.6. The highest BCUT2D eigenvalue weighted by atomic mass is 32.2. The lowest BCUT2D eigenvalue weighted by Gasteiger charge is -2.39. The molecular weight excluding hydrogens is 366 g/mol. The maximum absolute atomic E-state index is 13.3. The first-order valence-corrected chi connectivity index (χ1v) is 12.1. The molecule has 2 amide bonds. The fourth-order valence-electron chi connectivity index (χ4n) is 4.91. The van der Waals surface area contributed by atoms with Crippen LogP contribution in [0, 0.1) is 0 Å². The van der Waals surface area contributed by atoms with Crippen LogP contribution in [0.1, 0.15) is 51.4 Å². The summed E-state index contributed by atoms with van der Waals surface area (Å²) in [6.45, 7) is 0.967. The van der Waals surface area contributed by atoms with Crippen LogP contribution in [-0.4, -0.2) is 91.7 Å². The number of carbonyl (C=O) groups is 2. The zero-order valence-electron chi connectivity index (χ0n) is 16.6. The van der Waals surface area contributed by atoms with Gasteiger partial charge in [-0.1, -0.05) is 19.3 Å². The van der Waals surface area contributed by atoms with Gasteiger partial charge in [0.1, 0.15) is 0 Å². The second-order valence-electron chi connectivity index (χ2n) is 8.51. The van der Waals surface area contributed by atoms with E-state index in [-0.39, 0.29) is 48.0 Å². The SMILES string of the molecule is CN(C)C(=O)C1CCCN1CC(=O)N(C1CCCCC1)C1CCS(=O)(=O)C1. The molecule has 2 aliphatic heterocycles. The molecule has 0 spiro atoms. The summed E-state index contributed by atoms with van der Waals surface area (Å²) in [5.74, 6) is 0.324. The summed E-state index contributed by atoms with van der Waals surface area (Å²) in [5, 5.41) is 0. The third-order valence-electron chi connectivity index (χ3n) is 6.29. The Morgan fingerprint density at radius 2 is 1.67 bits per heavy atom. The molecule has 154 valence electrons. The molecule has 0 N–H and O–H groups in total. The van der Waals surface area contributed by atoms with Crippen molar-refractivity contribution in [1.82, 2.24) is 14.7 Å². The fraction of sp³-hybridized carbons (Fsp3) is 0.895. The molecule has 0 radical (unpaired) electrons. The molecule has 2 saturated heterocycles. The average molecular weight is 400 g/mol. The number of carbonyl (C=O) groups excluding carboxylic acids is 2. The molecule has 8 heteroatoms. The van der Waals surface area contributed by atoms with E-state index in [1.54, 1.807) is 19.0 Å². The Kier molecular flexibility index (Phi) is 6.46. The lowest BCUT2D eigenvalue weighted by molar-refractivity contribution is -0.140. The summed E-state index contributed by atoms with van der Waals surface area (Å²) in [6.07, 6.45) is 7.55. The lowest BCUT2D eigenvalue weighted by atomic mass is 9.92. The van der Waals surface area contributed by atoms with Crippen LogP contribution in [0.4, 0.5) is 0 Å². The van der Waals surface area contributed by atoms with E-state index in [1.165, 1.54) is 6.42 Å². The van der Waals surface area contributed by atoms with Crippen molar-refractivity contribution in [2.45, 2.75) is 69.5 Å². The van der Waals surface area contributed by atoms with Crippen molar-refractivity contribution < 1.29 is 18.0 Å². The van der Waals surface area contributed by atoms with E-state index in [0.29, 0.717) is 6.42 Å². The van der Waals surface area contributed by atoms with Crippen LogP contribution in [0.25, 0.3) is 0 Å². The van der Waals surface area contributed by atoms with Crippen molar-refractivity contribution in [3.8, 4) is 0 Å². The standard InChI is InChI=1S/C19H33N3O4S/c1-20(2)19(24)17-9-6-11-21(17)13-18(23)22(15-7-4-3-5-8-15)16-10-12-27(25,26)14-16/h15-17H,3-14H2,1-2H3. The second-order valence-corrected chi connectivity index (χ2v) is 10.7. The maximum atomic E-state index is 13.3. The Morgan fingerprint density at radius 1 is 0.963 bits per heavy atom. The van der Waals surface area contributed by atoms with Crippen molar-refractivity contribution in [3.05, 3.63) is 0 Å². The van der Waals surface area contributed by atoms with Crippen molar-refractivity contribution >= 4 is 21.7 Å². The van der Waals surface area contributed by atoms with Crippen molar-refractivity contribution in [2.75, 3.05) is 38.7 Å². The minimum atomic E-state index is -3.04. The Labute approximate surface area is 163 Å². The number of likely N-dealkylation sites (N-methyl/N-ethyl adjacent to an activating group) is 1. The van der Waals surface area contributed by atoms with Crippen LogP contribution < -0.4 is 0 Å². The van der Waals surface area contributed by atoms with Crippen LogP contribution >= 0.6 is 0 Å². The van der Waals surface area contributed by atoms with Gasteiger partial charge in [-0.05, 0) is 38.6 Å². The highest BCUT2D eigenvalue weighted by Crippen LogP contribution is 2.29. The van der Waals surface area contributed by atoms with E-state index in [0.717, 1.165) is 45.1 Å². The van der Waals surface area contributed by atoms with E-state index in [4.69, 9.17) is 0 Å². The van der Waals surface area contributed by atoms with Crippen LogP contribution in [-0.2, 0) is 19.4 Å². The summed E-state index contributed by atoms with van der Waals surface area (Å²) >= 11 is 0. The summed E-state index contributed by atoms with van der Waals surface area (Å²) < 4.78 is 24.0. The molecule has 1 aliphatic carbocycles. The monoisotopic (exact) mass is 399 g/mol. The number of nitrogens with zero attached hydrogens (tertiary/aromatic N) is 3. The molecule has 0 aromatic rings. The largest absolute Gasteiger partial charge is 0.347 e. The van der Waals surface area contributed by atoms with Gasteiger partial charge in [0.05, 0.1) is 24.1 Å². The van der Waals surface area contributed by atoms with Crippen molar-refractivity contribution in [3.63, 3.8) is 0 Å². The molecule has 3 fully saturated rings. The first-order chi connectivity index (χ1) is 12.8. The number of hydrogen-bond acceptors (Lipinski definition) is 5. The van der Waals surface area contributed by atoms with Crippen LogP contribution in [0.15, 0.2) is 0 Å². The molecule has 1 saturated carbocycles. The van der Waals surface area contributed by atoms with Gasteiger partial charge in [-0.15, -0.1) is 0 Å². The third-order valence-corrected chi connectivity index (χ3v) is 8.04. The Morgan fingerprint density at radius 3 is 2.26 bits per heavy atom. The Hall–Kier alpha value is -1.15. The van der Waals surface area contributed by atoms with Gasteiger partial charge in [-0.2, -0.15) is 0 Å². The minimum absolute atomic E-state index is 0.00227. The van der Waals surface area contributed by atoms with Gasteiger partial charge in [0.2, 0.25) is 11.8 Å². The fourth-order valence-corrected chi connectivity index (χ4v) is 6.62. The Balaban J connectivity index is 1.73. The van der Waals surface area contributed by atoms with Gasteiger partial charge >= 0.3 is 0 Å². The molecular formula is C19H33N3O4S. The predicted molar refractivity (Wildman–Crippen MR) is 104 cm³/mol. The molecule has 3 aliphatic rings. The van der Waals surface area contributed by atoms with Crippen molar-refractivity contribution in [1.29, 1.82) is 0 Å². The molecule has 27 heavy (non-hydrogen) atoms. The van der Waals surface area contributed by atoms with Gasteiger partial charge in [0.25, 0.3) is 0 Å². The topological polar surface area (TPSA) is 78.0 Å². The minimum Gasteiger partial charge on any atom is -0.347 e. The van der Waals surface area contributed by atoms with Gasteiger partial charge in [0, 0.05) is 26.2 Å². The van der Waals surface area contributed by atoms with E-state index in [1.807, 2.05) is 9.80 Å². The number of hydrogen-bond donors (Lipinski definition) is 0. The quantitative estimate of drug-likeness (QED) is 0.686. The first-order valence-electron chi connectivity index (χ1n) is 10.3. The third kappa shape index (κ3) is 4.83. The predicted octanol–water partition coefficient (Wildman–Crippen LogP) is 0.887. The number of sulfone groups is 1. The molecule has 2 atom stereocenters. The van der Waals surface area contributed by atoms with Gasteiger partial charge in [-0.25, -0.2) is 8.42 Å². The summed E-state index contributed by atoms with van der Waals surface area (Å²) in [4.78, 5) is 31.2. The van der Waals surface area contributed by atoms with Gasteiger partial charge in [-0.3, -0.25) is 14.5 Å². The summed E-state index contributed by atoms with van der Waals surface area (Å²) in [5.41, 5.74) is 0. The maximum Gasteiger partial charge on any atom is 0.239 e. The molecule has 7 nitrogen and oxygen atoms in total. The van der Waals surface area contributed by atoms with Crippen LogP contribution in [0.2, 0.25) is 0 Å². The molecule has 3 rings (SSSR count). The molecule has 2 unspecified atom stereocenters. The highest BCUT2D eigenvalue weighted by molar-refractivity contribution is 7.91. The average Bonchev–Trinajstić information content (AvgIpc) is 3.21. The normalized spacial score (nSPS) is 29.0. The summed E-state index contributed by atoms with van der Waals surface area (Å²) in [7, 11) is 0.453. The van der Waals surface area contributed by atoms with Crippen molar-refractivity contribution in [2.24, 2.45) is 0 Å².